The van der Waals surface area contributed by atoms with Crippen LogP contribution >= 0.6 is 0 Å². The summed E-state index contributed by atoms with van der Waals surface area (Å²) in [6, 6.07) is 13.0. The first-order chi connectivity index (χ1) is 19.0. The number of rotatable bonds is 13. The fourth-order valence-electron chi connectivity index (χ4n) is 5.03. The second-order valence-electron chi connectivity index (χ2n) is 11.1. The molecule has 1 aliphatic heterocycles. The Morgan fingerprint density at radius 1 is 0.897 bits per heavy atom. The summed E-state index contributed by atoms with van der Waals surface area (Å²) in [5.41, 5.74) is 5.28. The predicted octanol–water partition coefficient (Wildman–Crippen LogP) is 7.63. The number of likely N-dealkylation sites (N-methyl/N-ethyl adjacent to an activating group) is 1. The van der Waals surface area contributed by atoms with Gasteiger partial charge in [-0.15, -0.1) is 0 Å². The molecular formula is C33H47N3O3. The van der Waals surface area contributed by atoms with E-state index in [4.69, 9.17) is 18.9 Å². The molecule has 0 unspecified atom stereocenters. The van der Waals surface area contributed by atoms with Gasteiger partial charge in [-0.25, -0.2) is 4.98 Å². The number of hydrogen-bond donors (Lipinski definition) is 0. The van der Waals surface area contributed by atoms with Gasteiger partial charge in [-0.2, -0.15) is 0 Å². The van der Waals surface area contributed by atoms with Crippen LogP contribution < -0.4 is 9.47 Å². The van der Waals surface area contributed by atoms with Crippen molar-refractivity contribution in [1.82, 2.24) is 14.8 Å². The Balaban J connectivity index is 1.62. The highest BCUT2D eigenvalue weighted by atomic mass is 16.5. The Morgan fingerprint density at radius 2 is 1.62 bits per heavy atom. The van der Waals surface area contributed by atoms with Crippen molar-refractivity contribution in [3.63, 3.8) is 0 Å². The van der Waals surface area contributed by atoms with Crippen LogP contribution in [0.3, 0.4) is 0 Å². The summed E-state index contributed by atoms with van der Waals surface area (Å²) in [5.74, 6) is 2.78. The van der Waals surface area contributed by atoms with Gasteiger partial charge in [-0.3, -0.25) is 4.90 Å². The van der Waals surface area contributed by atoms with Crippen molar-refractivity contribution in [1.29, 1.82) is 0 Å². The van der Waals surface area contributed by atoms with Gasteiger partial charge in [-0.05, 0) is 62.5 Å². The van der Waals surface area contributed by atoms with Gasteiger partial charge in [0.1, 0.15) is 17.2 Å². The summed E-state index contributed by atoms with van der Waals surface area (Å²) < 4.78 is 18.6. The topological polar surface area (TPSA) is 51.0 Å². The molecule has 2 heterocycles. The highest BCUT2D eigenvalue weighted by molar-refractivity contribution is 5.81. The molecule has 0 bridgehead atoms. The average molecular weight is 534 g/mol. The zero-order valence-electron chi connectivity index (χ0n) is 24.7. The summed E-state index contributed by atoms with van der Waals surface area (Å²) in [7, 11) is 2.21. The summed E-state index contributed by atoms with van der Waals surface area (Å²) in [5, 5.41) is 0. The van der Waals surface area contributed by atoms with Crippen LogP contribution in [0.25, 0.3) is 22.6 Å². The molecule has 6 nitrogen and oxygen atoms in total. The zero-order valence-corrected chi connectivity index (χ0v) is 24.7. The minimum Gasteiger partial charge on any atom is -0.493 e. The maximum absolute atomic E-state index is 6.32. The molecule has 1 aromatic heterocycles. The minimum absolute atomic E-state index is 0.304. The molecule has 0 amide bonds. The van der Waals surface area contributed by atoms with Gasteiger partial charge < -0.3 is 18.8 Å². The van der Waals surface area contributed by atoms with Gasteiger partial charge in [0.25, 0.3) is 0 Å². The van der Waals surface area contributed by atoms with Gasteiger partial charge in [0, 0.05) is 36.8 Å². The molecule has 39 heavy (non-hydrogen) atoms. The van der Waals surface area contributed by atoms with Crippen LogP contribution in [-0.2, 0) is 6.54 Å². The van der Waals surface area contributed by atoms with Gasteiger partial charge >= 0.3 is 0 Å². The lowest BCUT2D eigenvalue weighted by molar-refractivity contribution is 0.269. The highest BCUT2D eigenvalue weighted by Crippen LogP contribution is 2.42. The maximum atomic E-state index is 6.32. The molecule has 0 atom stereocenters. The first kappa shape index (κ1) is 29.2. The molecule has 3 aromatic rings. The SMILES string of the molecule is CCCCOc1cc(OCCCC)c(C(C)C)cc1-c1ncoc1-c1ccc(CN2CCCN(C)CC2)cc1. The van der Waals surface area contributed by atoms with Gasteiger partial charge in [0.05, 0.1) is 13.2 Å². The van der Waals surface area contributed by atoms with E-state index in [2.05, 4.69) is 80.9 Å². The Labute approximate surface area is 235 Å². The van der Waals surface area contributed by atoms with Gasteiger partial charge in [-0.1, -0.05) is 64.8 Å². The van der Waals surface area contributed by atoms with E-state index in [-0.39, 0.29) is 0 Å². The van der Waals surface area contributed by atoms with Crippen LogP contribution in [0, 0.1) is 0 Å². The van der Waals surface area contributed by atoms with Crippen molar-refractivity contribution in [2.75, 3.05) is 46.4 Å². The molecule has 212 valence electrons. The van der Waals surface area contributed by atoms with Crippen LogP contribution in [0.4, 0.5) is 0 Å². The predicted molar refractivity (Wildman–Crippen MR) is 160 cm³/mol. The van der Waals surface area contributed by atoms with Crippen LogP contribution in [0.5, 0.6) is 11.5 Å². The van der Waals surface area contributed by atoms with E-state index in [0.717, 1.165) is 91.5 Å². The van der Waals surface area contributed by atoms with Crippen LogP contribution in [0.1, 0.15) is 76.8 Å². The Kier molecular flexibility index (Phi) is 10.9. The molecule has 1 aliphatic rings. The second kappa shape index (κ2) is 14.5. The third-order valence-electron chi connectivity index (χ3n) is 7.50. The van der Waals surface area contributed by atoms with E-state index >= 15 is 0 Å². The molecule has 4 rings (SSSR count). The Hall–Kier alpha value is -2.83. The van der Waals surface area contributed by atoms with Gasteiger partial charge in [0.2, 0.25) is 0 Å². The summed E-state index contributed by atoms with van der Waals surface area (Å²) >= 11 is 0. The largest absolute Gasteiger partial charge is 0.493 e. The number of unbranched alkanes of at least 4 members (excludes halogenated alkanes) is 2. The minimum atomic E-state index is 0.304. The van der Waals surface area contributed by atoms with Crippen molar-refractivity contribution in [3.05, 3.63) is 53.9 Å². The van der Waals surface area contributed by atoms with Crippen molar-refractivity contribution >= 4 is 0 Å². The highest BCUT2D eigenvalue weighted by Gasteiger charge is 2.22. The lowest BCUT2D eigenvalue weighted by Crippen LogP contribution is -2.28. The maximum Gasteiger partial charge on any atom is 0.182 e. The molecule has 2 aromatic carbocycles. The second-order valence-corrected chi connectivity index (χ2v) is 11.1. The number of benzene rings is 2. The lowest BCUT2D eigenvalue weighted by Gasteiger charge is -2.20. The molecule has 0 radical (unpaired) electrons. The molecule has 0 aliphatic carbocycles. The smallest absolute Gasteiger partial charge is 0.182 e. The van der Waals surface area contributed by atoms with Crippen LogP contribution in [0.15, 0.2) is 47.2 Å². The quantitative estimate of drug-likeness (QED) is 0.211. The molecule has 1 saturated heterocycles. The lowest BCUT2D eigenvalue weighted by atomic mass is 9.96. The standard InChI is InChI=1S/C33H47N3O3/c1-6-8-19-37-30-22-31(38-20-9-7-2)29(21-28(30)25(3)4)32-33(39-24-34-32)27-13-11-26(12-14-27)23-36-16-10-15-35(5)17-18-36/h11-14,21-22,24-25H,6-10,15-20,23H2,1-5H3. The summed E-state index contributed by atoms with van der Waals surface area (Å²) in [6.45, 7) is 15.7. The number of ether oxygens (including phenoxy) is 2. The van der Waals surface area contributed by atoms with E-state index < -0.39 is 0 Å². The molecule has 0 saturated carbocycles. The third-order valence-corrected chi connectivity index (χ3v) is 7.50. The molecular weight excluding hydrogens is 486 g/mol. The van der Waals surface area contributed by atoms with Crippen molar-refractivity contribution in [2.24, 2.45) is 0 Å². The van der Waals surface area contributed by atoms with Crippen molar-refractivity contribution < 1.29 is 13.9 Å². The van der Waals surface area contributed by atoms with Crippen molar-refractivity contribution in [2.45, 2.75) is 72.3 Å². The fourth-order valence-corrected chi connectivity index (χ4v) is 5.03. The van der Waals surface area contributed by atoms with E-state index in [1.165, 1.54) is 18.5 Å². The fraction of sp³-hybridized carbons (Fsp3) is 0.545. The first-order valence-corrected chi connectivity index (χ1v) is 14.9. The van der Waals surface area contributed by atoms with Crippen LogP contribution in [-0.4, -0.2) is 61.2 Å². The van der Waals surface area contributed by atoms with Crippen LogP contribution in [0.2, 0.25) is 0 Å². The number of oxazole rings is 1. The Bertz CT molecular complexity index is 1160. The number of nitrogens with zero attached hydrogens (tertiary/aromatic N) is 3. The monoisotopic (exact) mass is 533 g/mol. The summed E-state index contributed by atoms with van der Waals surface area (Å²) in [6.07, 6.45) is 6.98. The zero-order chi connectivity index (χ0) is 27.6. The van der Waals surface area contributed by atoms with E-state index in [9.17, 15) is 0 Å². The first-order valence-electron chi connectivity index (χ1n) is 14.9. The Morgan fingerprint density at radius 3 is 2.31 bits per heavy atom. The van der Waals surface area contributed by atoms with Gasteiger partial charge in [0.15, 0.2) is 12.2 Å². The number of hydrogen-bond acceptors (Lipinski definition) is 6. The normalized spacial score (nSPS) is 15.0. The number of aromatic nitrogens is 1. The average Bonchev–Trinajstić information content (AvgIpc) is 3.33. The molecule has 0 spiro atoms. The summed E-state index contributed by atoms with van der Waals surface area (Å²) in [4.78, 5) is 9.66. The van der Waals surface area contributed by atoms with E-state index in [1.807, 2.05) is 0 Å². The molecule has 6 heteroatoms. The third kappa shape index (κ3) is 7.86. The molecule has 1 fully saturated rings. The van der Waals surface area contributed by atoms with E-state index in [1.54, 1.807) is 6.39 Å². The van der Waals surface area contributed by atoms with Crippen molar-refractivity contribution in [3.8, 4) is 34.1 Å². The van der Waals surface area contributed by atoms with E-state index in [0.29, 0.717) is 19.1 Å². The molecule has 0 N–H and O–H groups in total.